The predicted molar refractivity (Wildman–Crippen MR) is 117 cm³/mol. The van der Waals surface area contributed by atoms with Gasteiger partial charge in [0.25, 0.3) is 0 Å². The minimum atomic E-state index is 0.0284. The lowest BCUT2D eigenvalue weighted by molar-refractivity contribution is 0.112. The number of carbonyl (C=O) groups excluding carboxylic acids is 1. The predicted octanol–water partition coefficient (Wildman–Crippen LogP) is 7.19. The third-order valence-corrected chi connectivity index (χ3v) is 5.02. The maximum atomic E-state index is 10.4. The zero-order valence-corrected chi connectivity index (χ0v) is 19.0. The smallest absolute Gasteiger partial charge is 0.154 e. The summed E-state index contributed by atoms with van der Waals surface area (Å²) in [5.74, 6) is 0.356. The number of allylic oxidation sites excluding steroid dienone is 1. The lowest BCUT2D eigenvalue weighted by Crippen LogP contribution is -1.87. The summed E-state index contributed by atoms with van der Waals surface area (Å²) >= 11 is 6.66. The van der Waals surface area contributed by atoms with Crippen LogP contribution in [0, 0.1) is 13.8 Å². The number of benzene rings is 2. The molecule has 26 heavy (non-hydrogen) atoms. The van der Waals surface area contributed by atoms with E-state index in [1.54, 1.807) is 19.1 Å². The third kappa shape index (κ3) is 7.34. The van der Waals surface area contributed by atoms with Crippen molar-refractivity contribution >= 4 is 44.2 Å². The monoisotopic (exact) mass is 484 g/mol. The first-order valence-corrected chi connectivity index (χ1v) is 9.87. The van der Waals surface area contributed by atoms with Gasteiger partial charge in [-0.05, 0) is 56.2 Å². The molecule has 0 aliphatic heterocycles. The number of aromatic hydroxyl groups is 2. The van der Waals surface area contributed by atoms with E-state index in [9.17, 15) is 9.90 Å². The van der Waals surface area contributed by atoms with Gasteiger partial charge in [0.05, 0.1) is 5.56 Å². The van der Waals surface area contributed by atoms with Crippen LogP contribution in [0.15, 0.2) is 39.3 Å². The quantitative estimate of drug-likeness (QED) is 0.442. The van der Waals surface area contributed by atoms with Gasteiger partial charge in [-0.15, -0.1) is 0 Å². The molecule has 0 fully saturated rings. The Morgan fingerprint density at radius 3 is 1.62 bits per heavy atom. The number of hydrogen-bond acceptors (Lipinski definition) is 3. The van der Waals surface area contributed by atoms with Crippen LogP contribution >= 0.6 is 31.9 Å². The molecule has 5 heteroatoms. The molecule has 0 unspecified atom stereocenters. The van der Waals surface area contributed by atoms with E-state index < -0.39 is 0 Å². The molecular formula is C21H26Br2O3. The van der Waals surface area contributed by atoms with E-state index in [0.717, 1.165) is 25.6 Å². The Labute approximate surface area is 173 Å². The number of carbonyl (C=O) groups is 1. The minimum Gasteiger partial charge on any atom is -0.507 e. The molecule has 0 spiro atoms. The normalized spacial score (nSPS) is 9.81. The van der Waals surface area contributed by atoms with Crippen LogP contribution in [-0.2, 0) is 0 Å². The molecule has 2 rings (SSSR count). The van der Waals surface area contributed by atoms with E-state index in [1.807, 2.05) is 32.1 Å². The second-order valence-corrected chi connectivity index (χ2v) is 7.24. The highest BCUT2D eigenvalue weighted by atomic mass is 79.9. The highest BCUT2D eigenvalue weighted by molar-refractivity contribution is 9.10. The molecule has 0 aliphatic rings. The van der Waals surface area contributed by atoms with E-state index >= 15 is 0 Å². The molecule has 0 saturated heterocycles. The summed E-state index contributed by atoms with van der Waals surface area (Å²) in [6.45, 7) is 9.92. The fourth-order valence-corrected chi connectivity index (χ4v) is 2.59. The zero-order valence-electron chi connectivity index (χ0n) is 15.8. The van der Waals surface area contributed by atoms with Crippen molar-refractivity contribution in [1.82, 2.24) is 0 Å². The standard InChI is InChI=1S/C10H11BrO.C8H7BrO2.C3H8/c1-3-4-8-7(2)9(11)5-6-10(8)12;1-5-6(4-10)8(11)3-2-7(5)9;1-3-2/h3-6,12H,1-2H3;2-4,11H,1H3;3H2,1-2H3/b4-3+;;. The SMILES string of the molecule is C/C=C/c1c(O)ccc(Br)c1C.CCC.Cc1c(Br)ccc(O)c1C=O. The molecule has 0 bridgehead atoms. The van der Waals surface area contributed by atoms with Gasteiger partial charge in [-0.1, -0.05) is 64.3 Å². The van der Waals surface area contributed by atoms with Gasteiger partial charge in [0.1, 0.15) is 11.5 Å². The fraction of sp³-hybridized carbons (Fsp3) is 0.286. The Morgan fingerprint density at radius 2 is 1.27 bits per heavy atom. The van der Waals surface area contributed by atoms with Crippen molar-refractivity contribution in [2.45, 2.75) is 41.0 Å². The van der Waals surface area contributed by atoms with Gasteiger partial charge in [0, 0.05) is 14.5 Å². The van der Waals surface area contributed by atoms with Gasteiger partial charge in [0.2, 0.25) is 0 Å². The Morgan fingerprint density at radius 1 is 0.885 bits per heavy atom. The minimum absolute atomic E-state index is 0.0284. The van der Waals surface area contributed by atoms with Crippen molar-refractivity contribution in [3.63, 3.8) is 0 Å². The molecule has 2 aromatic rings. The van der Waals surface area contributed by atoms with Crippen LogP contribution in [0.5, 0.6) is 11.5 Å². The van der Waals surface area contributed by atoms with Crippen molar-refractivity contribution in [2.75, 3.05) is 0 Å². The number of phenolic OH excluding ortho intramolecular Hbond substituents is 2. The van der Waals surface area contributed by atoms with Gasteiger partial charge in [-0.2, -0.15) is 0 Å². The summed E-state index contributed by atoms with van der Waals surface area (Å²) < 4.78 is 1.85. The Balaban J connectivity index is 0.000000419. The fourth-order valence-electron chi connectivity index (χ4n) is 1.90. The molecular weight excluding hydrogens is 460 g/mol. The van der Waals surface area contributed by atoms with Gasteiger partial charge in [0.15, 0.2) is 6.29 Å². The number of rotatable bonds is 2. The van der Waals surface area contributed by atoms with Crippen molar-refractivity contribution in [1.29, 1.82) is 0 Å². The van der Waals surface area contributed by atoms with Gasteiger partial charge < -0.3 is 10.2 Å². The van der Waals surface area contributed by atoms with Gasteiger partial charge in [-0.3, -0.25) is 4.79 Å². The van der Waals surface area contributed by atoms with Crippen molar-refractivity contribution in [3.8, 4) is 11.5 Å². The van der Waals surface area contributed by atoms with E-state index in [2.05, 4.69) is 45.7 Å². The van der Waals surface area contributed by atoms with Crippen LogP contribution in [-0.4, -0.2) is 16.5 Å². The summed E-state index contributed by atoms with van der Waals surface area (Å²) in [7, 11) is 0. The first-order valence-electron chi connectivity index (χ1n) is 8.28. The average Bonchev–Trinajstić information content (AvgIpc) is 2.61. The van der Waals surface area contributed by atoms with Crippen molar-refractivity contribution in [3.05, 3.63) is 61.5 Å². The first kappa shape index (κ1) is 24.4. The topological polar surface area (TPSA) is 57.5 Å². The Hall–Kier alpha value is -1.59. The van der Waals surface area contributed by atoms with Crippen molar-refractivity contribution in [2.24, 2.45) is 0 Å². The van der Waals surface area contributed by atoms with Gasteiger partial charge in [-0.25, -0.2) is 0 Å². The largest absolute Gasteiger partial charge is 0.507 e. The van der Waals surface area contributed by atoms with Crippen LogP contribution in [0.25, 0.3) is 6.08 Å². The maximum Gasteiger partial charge on any atom is 0.154 e. The lowest BCUT2D eigenvalue weighted by Gasteiger charge is -2.05. The van der Waals surface area contributed by atoms with E-state index in [0.29, 0.717) is 17.6 Å². The number of phenols is 2. The number of halogens is 2. The third-order valence-electron chi connectivity index (χ3n) is 3.30. The summed E-state index contributed by atoms with van der Waals surface area (Å²) in [5, 5.41) is 18.6. The molecule has 0 amide bonds. The Bertz CT molecular complexity index is 753. The molecule has 0 saturated carbocycles. The molecule has 142 valence electrons. The van der Waals surface area contributed by atoms with E-state index in [-0.39, 0.29) is 5.75 Å². The summed E-state index contributed by atoms with van der Waals surface area (Å²) in [6.07, 6.45) is 5.71. The first-order chi connectivity index (χ1) is 12.2. The van der Waals surface area contributed by atoms with E-state index in [1.165, 1.54) is 12.5 Å². The maximum absolute atomic E-state index is 10.4. The summed E-state index contributed by atoms with van der Waals surface area (Å²) in [4.78, 5) is 10.4. The Kier molecular flexibility index (Phi) is 11.9. The summed E-state index contributed by atoms with van der Waals surface area (Å²) in [5.41, 5.74) is 3.05. The van der Waals surface area contributed by atoms with Crippen LogP contribution in [0.1, 0.15) is 54.2 Å². The molecule has 2 N–H and O–H groups in total. The molecule has 0 heterocycles. The molecule has 2 aromatic carbocycles. The summed E-state index contributed by atoms with van der Waals surface area (Å²) in [6, 6.07) is 6.72. The number of hydrogen-bond donors (Lipinski definition) is 2. The lowest BCUT2D eigenvalue weighted by atomic mass is 10.1. The average molecular weight is 486 g/mol. The van der Waals surface area contributed by atoms with E-state index in [4.69, 9.17) is 5.11 Å². The second-order valence-electron chi connectivity index (χ2n) is 5.54. The van der Waals surface area contributed by atoms with Crippen molar-refractivity contribution < 1.29 is 15.0 Å². The van der Waals surface area contributed by atoms with Gasteiger partial charge >= 0.3 is 0 Å². The molecule has 3 nitrogen and oxygen atoms in total. The zero-order chi connectivity index (χ0) is 20.3. The number of aldehydes is 1. The van der Waals surface area contributed by atoms with Crippen LogP contribution in [0.3, 0.4) is 0 Å². The highest BCUT2D eigenvalue weighted by Crippen LogP contribution is 2.28. The second kappa shape index (κ2) is 12.7. The van der Waals surface area contributed by atoms with Crippen LogP contribution in [0.4, 0.5) is 0 Å². The molecule has 0 radical (unpaired) electrons. The van der Waals surface area contributed by atoms with Crippen LogP contribution in [0.2, 0.25) is 0 Å². The highest BCUT2D eigenvalue weighted by Gasteiger charge is 2.05. The molecule has 0 aliphatic carbocycles. The van der Waals surface area contributed by atoms with Crippen LogP contribution < -0.4 is 0 Å². The molecule has 0 atom stereocenters. The molecule has 0 aromatic heterocycles.